The van der Waals surface area contributed by atoms with Crippen LogP contribution in [0, 0.1) is 0 Å². The Hall–Kier alpha value is -1.13. The fraction of sp³-hybridized carbons (Fsp3) is 0.312. The van der Waals surface area contributed by atoms with E-state index in [0.29, 0.717) is 5.92 Å². The molecule has 1 unspecified atom stereocenters. The minimum absolute atomic E-state index is 0.0183. The van der Waals surface area contributed by atoms with Crippen molar-refractivity contribution in [3.05, 3.63) is 56.2 Å². The van der Waals surface area contributed by atoms with Crippen LogP contribution in [0.25, 0.3) is 0 Å². The van der Waals surface area contributed by atoms with Crippen molar-refractivity contribution < 1.29 is 4.79 Å². The van der Waals surface area contributed by atoms with Crippen LogP contribution in [0.2, 0.25) is 0 Å². The molecule has 0 bridgehead atoms. The molecule has 20 heavy (non-hydrogen) atoms. The first-order valence-corrected chi connectivity index (χ1v) is 8.46. The quantitative estimate of drug-likeness (QED) is 0.837. The Bertz CT molecular complexity index is 616. The molecule has 1 amide bonds. The highest BCUT2D eigenvalue weighted by atomic mass is 79.9. The number of rotatable bonds is 4. The molecule has 1 aliphatic carbocycles. The zero-order valence-electron chi connectivity index (χ0n) is 11.2. The molecular weight excluding hydrogens is 334 g/mol. The van der Waals surface area contributed by atoms with Gasteiger partial charge in [-0.1, -0.05) is 28.1 Å². The second kappa shape index (κ2) is 5.70. The van der Waals surface area contributed by atoms with Crippen molar-refractivity contribution in [2.45, 2.75) is 31.7 Å². The molecule has 1 atom stereocenters. The molecule has 1 fully saturated rings. The molecule has 2 aromatic rings. The Morgan fingerprint density at radius 2 is 2.00 bits per heavy atom. The summed E-state index contributed by atoms with van der Waals surface area (Å²) in [5.74, 6) is 0.669. The van der Waals surface area contributed by atoms with Gasteiger partial charge in [-0.25, -0.2) is 0 Å². The molecule has 104 valence electrons. The summed E-state index contributed by atoms with van der Waals surface area (Å²) in [4.78, 5) is 13.3. The van der Waals surface area contributed by atoms with Crippen LogP contribution in [-0.4, -0.2) is 5.91 Å². The monoisotopic (exact) mass is 349 g/mol. The zero-order valence-corrected chi connectivity index (χ0v) is 13.6. The van der Waals surface area contributed by atoms with Gasteiger partial charge in [0.25, 0.3) is 5.91 Å². The van der Waals surface area contributed by atoms with Gasteiger partial charge in [0.2, 0.25) is 0 Å². The number of amides is 1. The van der Waals surface area contributed by atoms with Gasteiger partial charge in [0.15, 0.2) is 0 Å². The van der Waals surface area contributed by atoms with Crippen molar-refractivity contribution in [1.82, 2.24) is 5.32 Å². The number of benzene rings is 1. The van der Waals surface area contributed by atoms with Crippen molar-refractivity contribution in [3.8, 4) is 0 Å². The standard InChI is InChI=1S/C16H16BrNOS/c1-10(11-4-6-13(17)7-5-11)18-16(19)15-14(8-9-20-15)12-2-3-12/h4-10,12H,2-3H2,1H3,(H,18,19). The molecule has 0 saturated heterocycles. The van der Waals surface area contributed by atoms with Crippen molar-refractivity contribution in [3.63, 3.8) is 0 Å². The second-order valence-electron chi connectivity index (χ2n) is 5.23. The van der Waals surface area contributed by atoms with Gasteiger partial charge in [-0.05, 0) is 60.4 Å². The molecular formula is C16H16BrNOS. The number of hydrogen-bond acceptors (Lipinski definition) is 2. The number of carbonyl (C=O) groups excluding carboxylic acids is 1. The van der Waals surface area contributed by atoms with Gasteiger partial charge in [0, 0.05) is 4.47 Å². The van der Waals surface area contributed by atoms with Gasteiger partial charge < -0.3 is 5.32 Å². The third-order valence-electron chi connectivity index (χ3n) is 3.64. The van der Waals surface area contributed by atoms with E-state index < -0.39 is 0 Å². The third-order valence-corrected chi connectivity index (χ3v) is 5.09. The van der Waals surface area contributed by atoms with Crippen LogP contribution in [0.1, 0.15) is 52.5 Å². The lowest BCUT2D eigenvalue weighted by molar-refractivity contribution is 0.0943. The molecule has 1 heterocycles. The summed E-state index contributed by atoms with van der Waals surface area (Å²) in [6, 6.07) is 10.2. The fourth-order valence-corrected chi connectivity index (χ4v) is 3.47. The van der Waals surface area contributed by atoms with Crippen LogP contribution in [0.4, 0.5) is 0 Å². The van der Waals surface area contributed by atoms with E-state index in [1.54, 1.807) is 11.3 Å². The van der Waals surface area contributed by atoms with Crippen LogP contribution in [0.5, 0.6) is 0 Å². The Morgan fingerprint density at radius 3 is 2.65 bits per heavy atom. The van der Waals surface area contributed by atoms with Crippen LogP contribution in [-0.2, 0) is 0 Å². The number of halogens is 1. The molecule has 1 aromatic carbocycles. The normalized spacial score (nSPS) is 15.9. The van der Waals surface area contributed by atoms with E-state index in [4.69, 9.17) is 0 Å². The molecule has 4 heteroatoms. The first-order valence-electron chi connectivity index (χ1n) is 6.79. The van der Waals surface area contributed by atoms with E-state index in [9.17, 15) is 4.79 Å². The lowest BCUT2D eigenvalue weighted by Crippen LogP contribution is -2.26. The summed E-state index contributed by atoms with van der Waals surface area (Å²) in [6.45, 7) is 2.02. The summed E-state index contributed by atoms with van der Waals surface area (Å²) >= 11 is 4.97. The number of thiophene rings is 1. The van der Waals surface area contributed by atoms with Gasteiger partial charge in [0.05, 0.1) is 10.9 Å². The molecule has 1 N–H and O–H groups in total. The third kappa shape index (κ3) is 2.96. The molecule has 0 radical (unpaired) electrons. The smallest absolute Gasteiger partial charge is 0.262 e. The highest BCUT2D eigenvalue weighted by Crippen LogP contribution is 2.43. The predicted molar refractivity (Wildman–Crippen MR) is 86.3 cm³/mol. The van der Waals surface area contributed by atoms with Gasteiger partial charge in [-0.15, -0.1) is 11.3 Å². The SMILES string of the molecule is CC(NC(=O)c1sccc1C1CC1)c1ccc(Br)cc1. The van der Waals surface area contributed by atoms with E-state index in [1.807, 2.05) is 36.6 Å². The molecule has 1 aromatic heterocycles. The minimum atomic E-state index is 0.0183. The topological polar surface area (TPSA) is 29.1 Å². The molecule has 1 aliphatic rings. The van der Waals surface area contributed by atoms with E-state index in [1.165, 1.54) is 18.4 Å². The summed E-state index contributed by atoms with van der Waals surface area (Å²) in [5.41, 5.74) is 2.35. The molecule has 0 spiro atoms. The lowest BCUT2D eigenvalue weighted by Gasteiger charge is -2.14. The van der Waals surface area contributed by atoms with E-state index in [-0.39, 0.29) is 11.9 Å². The average molecular weight is 350 g/mol. The van der Waals surface area contributed by atoms with Gasteiger partial charge in [-0.2, -0.15) is 0 Å². The molecule has 0 aliphatic heterocycles. The number of hydrogen-bond donors (Lipinski definition) is 1. The highest BCUT2D eigenvalue weighted by molar-refractivity contribution is 9.10. The van der Waals surface area contributed by atoms with Gasteiger partial charge >= 0.3 is 0 Å². The van der Waals surface area contributed by atoms with E-state index in [2.05, 4.69) is 27.3 Å². The fourth-order valence-electron chi connectivity index (χ4n) is 2.32. The number of nitrogens with one attached hydrogen (secondary N) is 1. The summed E-state index contributed by atoms with van der Waals surface area (Å²) in [7, 11) is 0. The summed E-state index contributed by atoms with van der Waals surface area (Å²) in [6.07, 6.45) is 2.44. The Morgan fingerprint density at radius 1 is 1.30 bits per heavy atom. The maximum atomic E-state index is 12.4. The predicted octanol–water partition coefficient (Wildman–Crippen LogP) is 4.88. The summed E-state index contributed by atoms with van der Waals surface area (Å²) < 4.78 is 1.05. The van der Waals surface area contributed by atoms with Crippen molar-refractivity contribution in [2.24, 2.45) is 0 Å². The van der Waals surface area contributed by atoms with Crippen LogP contribution >= 0.6 is 27.3 Å². The number of carbonyl (C=O) groups is 1. The Kier molecular flexibility index (Phi) is 3.94. The summed E-state index contributed by atoms with van der Waals surface area (Å²) in [5, 5.41) is 5.12. The molecule has 3 rings (SSSR count). The van der Waals surface area contributed by atoms with Crippen molar-refractivity contribution >= 4 is 33.2 Å². The van der Waals surface area contributed by atoms with E-state index in [0.717, 1.165) is 14.9 Å². The Balaban J connectivity index is 1.71. The van der Waals surface area contributed by atoms with Crippen molar-refractivity contribution in [1.29, 1.82) is 0 Å². The molecule has 2 nitrogen and oxygen atoms in total. The van der Waals surface area contributed by atoms with Crippen molar-refractivity contribution in [2.75, 3.05) is 0 Å². The van der Waals surface area contributed by atoms with Crippen LogP contribution in [0.15, 0.2) is 40.2 Å². The molecule has 1 saturated carbocycles. The second-order valence-corrected chi connectivity index (χ2v) is 7.06. The van der Waals surface area contributed by atoms with Gasteiger partial charge in [0.1, 0.15) is 0 Å². The van der Waals surface area contributed by atoms with Crippen LogP contribution < -0.4 is 5.32 Å². The maximum Gasteiger partial charge on any atom is 0.262 e. The van der Waals surface area contributed by atoms with E-state index >= 15 is 0 Å². The first-order chi connectivity index (χ1) is 9.65. The first kappa shape index (κ1) is 13.8. The highest BCUT2D eigenvalue weighted by Gasteiger charge is 2.29. The maximum absolute atomic E-state index is 12.4. The van der Waals surface area contributed by atoms with Gasteiger partial charge in [-0.3, -0.25) is 4.79 Å². The average Bonchev–Trinajstić information content (AvgIpc) is 3.16. The minimum Gasteiger partial charge on any atom is -0.345 e. The zero-order chi connectivity index (χ0) is 14.1. The van der Waals surface area contributed by atoms with Crippen LogP contribution in [0.3, 0.4) is 0 Å². The largest absolute Gasteiger partial charge is 0.345 e. The lowest BCUT2D eigenvalue weighted by atomic mass is 10.1. The Labute approximate surface area is 131 Å².